The van der Waals surface area contributed by atoms with Crippen molar-refractivity contribution in [2.24, 2.45) is 0 Å². The number of carbonyl (C=O) groups excluding carboxylic acids is 2. The van der Waals surface area contributed by atoms with Gasteiger partial charge in [-0.25, -0.2) is 0 Å². The fourth-order valence-electron chi connectivity index (χ4n) is 4.24. The highest BCUT2D eigenvalue weighted by atomic mass is 16.3. The molecular formula is C26H27N3O3. The normalized spacial score (nSPS) is 18.1. The molecule has 0 saturated carbocycles. The summed E-state index contributed by atoms with van der Waals surface area (Å²) in [5, 5.41) is 13.2. The fraction of sp³-hybridized carbons (Fsp3) is 0.269. The Hall–Kier alpha value is -3.51. The second-order valence-corrected chi connectivity index (χ2v) is 7.84. The average Bonchev–Trinajstić information content (AvgIpc) is 3.09. The first-order valence-electron chi connectivity index (χ1n) is 11.0. The lowest BCUT2D eigenvalue weighted by Crippen LogP contribution is -2.38. The van der Waals surface area contributed by atoms with Gasteiger partial charge in [0.15, 0.2) is 0 Å². The van der Waals surface area contributed by atoms with Crippen LogP contribution < -0.4 is 0 Å². The maximum absolute atomic E-state index is 13.1. The number of likely N-dealkylation sites (tertiary alicyclic amines) is 1. The molecule has 6 nitrogen and oxygen atoms in total. The minimum atomic E-state index is -0.724. The van der Waals surface area contributed by atoms with Crippen LogP contribution in [0.5, 0.6) is 0 Å². The highest BCUT2D eigenvalue weighted by Crippen LogP contribution is 2.38. The smallest absolute Gasteiger partial charge is 0.295 e. The van der Waals surface area contributed by atoms with Crippen molar-refractivity contribution in [3.8, 4) is 0 Å². The Bertz CT molecular complexity index is 1170. The first-order chi connectivity index (χ1) is 15.5. The van der Waals surface area contributed by atoms with Gasteiger partial charge >= 0.3 is 0 Å². The van der Waals surface area contributed by atoms with E-state index in [4.69, 9.17) is 0 Å². The number of ketones is 1. The lowest BCUT2D eigenvalue weighted by molar-refractivity contribution is -0.140. The van der Waals surface area contributed by atoms with E-state index in [0.717, 1.165) is 23.9 Å². The van der Waals surface area contributed by atoms with Crippen molar-refractivity contribution in [3.05, 3.63) is 83.7 Å². The second kappa shape index (κ2) is 9.32. The molecule has 1 saturated heterocycles. The molecule has 1 aliphatic rings. The monoisotopic (exact) mass is 429 g/mol. The van der Waals surface area contributed by atoms with E-state index in [-0.39, 0.29) is 11.3 Å². The molecule has 0 spiro atoms. The van der Waals surface area contributed by atoms with Crippen molar-refractivity contribution in [1.29, 1.82) is 0 Å². The summed E-state index contributed by atoms with van der Waals surface area (Å²) in [5.74, 6) is -1.45. The number of likely N-dealkylation sites (N-methyl/N-ethyl adjacent to an activating group) is 1. The van der Waals surface area contributed by atoms with Gasteiger partial charge in [-0.05, 0) is 42.1 Å². The average molecular weight is 430 g/mol. The molecule has 164 valence electrons. The number of amides is 1. The molecule has 0 radical (unpaired) electrons. The fourth-order valence-corrected chi connectivity index (χ4v) is 4.24. The van der Waals surface area contributed by atoms with Crippen molar-refractivity contribution in [1.82, 2.24) is 14.8 Å². The molecule has 1 atom stereocenters. The van der Waals surface area contributed by atoms with Crippen LogP contribution in [0.4, 0.5) is 0 Å². The van der Waals surface area contributed by atoms with E-state index < -0.39 is 17.7 Å². The Balaban J connectivity index is 1.80. The van der Waals surface area contributed by atoms with Gasteiger partial charge in [0.25, 0.3) is 11.7 Å². The minimum absolute atomic E-state index is 0.0866. The Labute approximate surface area is 187 Å². The Morgan fingerprint density at radius 1 is 1.00 bits per heavy atom. The molecule has 1 aromatic heterocycles. The minimum Gasteiger partial charge on any atom is -0.507 e. The topological polar surface area (TPSA) is 73.7 Å². The SMILES string of the molecule is CCN(CC)CCN1C(=O)C(=O)/C(=C(\O)c2ccc3ccccc3c2)C1c1ccccn1. The maximum atomic E-state index is 13.1. The van der Waals surface area contributed by atoms with E-state index >= 15 is 0 Å². The van der Waals surface area contributed by atoms with Gasteiger partial charge in [0.2, 0.25) is 0 Å². The van der Waals surface area contributed by atoms with E-state index in [0.29, 0.717) is 24.3 Å². The van der Waals surface area contributed by atoms with Crippen LogP contribution >= 0.6 is 0 Å². The summed E-state index contributed by atoms with van der Waals surface area (Å²) in [7, 11) is 0. The standard InChI is InChI=1S/C26H27N3O3/c1-3-28(4-2)15-16-29-23(21-11-7-8-14-27-21)22(25(31)26(29)32)24(30)20-13-12-18-9-5-6-10-19(18)17-20/h5-14,17,23,30H,3-4,15-16H2,1-2H3/b24-22-. The molecule has 4 rings (SSSR count). The zero-order valence-corrected chi connectivity index (χ0v) is 18.4. The van der Waals surface area contributed by atoms with Crippen molar-refractivity contribution in [2.45, 2.75) is 19.9 Å². The zero-order chi connectivity index (χ0) is 22.7. The van der Waals surface area contributed by atoms with Crippen LogP contribution in [0.25, 0.3) is 16.5 Å². The van der Waals surface area contributed by atoms with Gasteiger partial charge in [-0.1, -0.05) is 56.3 Å². The second-order valence-electron chi connectivity index (χ2n) is 7.84. The molecule has 0 aliphatic carbocycles. The number of rotatable bonds is 7. The number of hydrogen-bond acceptors (Lipinski definition) is 5. The first-order valence-corrected chi connectivity index (χ1v) is 11.0. The van der Waals surface area contributed by atoms with Gasteiger partial charge in [0, 0.05) is 24.8 Å². The van der Waals surface area contributed by atoms with Crippen LogP contribution in [0.1, 0.15) is 31.1 Å². The van der Waals surface area contributed by atoms with Gasteiger partial charge in [-0.3, -0.25) is 14.6 Å². The molecule has 0 bridgehead atoms. The number of aliphatic hydroxyl groups excluding tert-OH is 1. The number of benzene rings is 2. The summed E-state index contributed by atoms with van der Waals surface area (Å²) in [6.07, 6.45) is 1.63. The molecule has 32 heavy (non-hydrogen) atoms. The Morgan fingerprint density at radius 3 is 2.41 bits per heavy atom. The Kier molecular flexibility index (Phi) is 6.32. The summed E-state index contributed by atoms with van der Waals surface area (Å²) in [6.45, 7) is 6.85. The third kappa shape index (κ3) is 4.01. The molecule has 1 unspecified atom stereocenters. The highest BCUT2D eigenvalue weighted by molar-refractivity contribution is 6.46. The quantitative estimate of drug-likeness (QED) is 0.349. The van der Waals surface area contributed by atoms with Gasteiger partial charge in [-0.15, -0.1) is 0 Å². The van der Waals surface area contributed by atoms with Crippen LogP contribution in [0.2, 0.25) is 0 Å². The number of aliphatic hydroxyl groups is 1. The van der Waals surface area contributed by atoms with E-state index in [2.05, 4.69) is 23.7 Å². The summed E-state index contributed by atoms with van der Waals surface area (Å²) in [5.41, 5.74) is 1.16. The third-order valence-corrected chi connectivity index (χ3v) is 6.08. The molecule has 3 aromatic rings. The number of carbonyl (C=O) groups is 2. The van der Waals surface area contributed by atoms with Crippen LogP contribution in [0.3, 0.4) is 0 Å². The number of pyridine rings is 1. The molecule has 1 fully saturated rings. The zero-order valence-electron chi connectivity index (χ0n) is 18.4. The number of Topliss-reactive ketones (excluding diaryl/α,β-unsaturated/α-hetero) is 1. The Morgan fingerprint density at radius 2 is 1.72 bits per heavy atom. The largest absolute Gasteiger partial charge is 0.507 e. The number of hydrogen-bond donors (Lipinski definition) is 1. The number of fused-ring (bicyclic) bond motifs is 1. The number of aromatic nitrogens is 1. The van der Waals surface area contributed by atoms with Crippen LogP contribution in [-0.4, -0.2) is 57.8 Å². The predicted molar refractivity (Wildman–Crippen MR) is 125 cm³/mol. The van der Waals surface area contributed by atoms with Gasteiger partial charge in [0.05, 0.1) is 11.3 Å². The van der Waals surface area contributed by atoms with E-state index in [1.54, 1.807) is 24.4 Å². The van der Waals surface area contributed by atoms with Crippen molar-refractivity contribution in [2.75, 3.05) is 26.2 Å². The maximum Gasteiger partial charge on any atom is 0.295 e. The molecule has 2 heterocycles. The first kappa shape index (κ1) is 21.7. The van der Waals surface area contributed by atoms with Crippen molar-refractivity contribution in [3.63, 3.8) is 0 Å². The van der Waals surface area contributed by atoms with Gasteiger partial charge in [0.1, 0.15) is 11.8 Å². The van der Waals surface area contributed by atoms with Gasteiger partial charge in [-0.2, -0.15) is 0 Å². The summed E-state index contributed by atoms with van der Waals surface area (Å²) in [4.78, 5) is 34.3. The summed E-state index contributed by atoms with van der Waals surface area (Å²) < 4.78 is 0. The predicted octanol–water partition coefficient (Wildman–Crippen LogP) is 4.00. The van der Waals surface area contributed by atoms with E-state index in [1.807, 2.05) is 42.5 Å². The molecule has 6 heteroatoms. The van der Waals surface area contributed by atoms with E-state index in [1.165, 1.54) is 4.90 Å². The highest BCUT2D eigenvalue weighted by Gasteiger charge is 2.46. The molecular weight excluding hydrogens is 402 g/mol. The lowest BCUT2D eigenvalue weighted by Gasteiger charge is -2.27. The summed E-state index contributed by atoms with van der Waals surface area (Å²) >= 11 is 0. The van der Waals surface area contributed by atoms with E-state index in [9.17, 15) is 14.7 Å². The molecule has 1 aliphatic heterocycles. The van der Waals surface area contributed by atoms with Crippen LogP contribution in [0.15, 0.2) is 72.4 Å². The molecule has 1 N–H and O–H groups in total. The number of nitrogens with zero attached hydrogens (tertiary/aromatic N) is 3. The van der Waals surface area contributed by atoms with Crippen molar-refractivity contribution < 1.29 is 14.7 Å². The molecule has 2 aromatic carbocycles. The van der Waals surface area contributed by atoms with Crippen molar-refractivity contribution >= 4 is 28.2 Å². The molecule has 1 amide bonds. The van der Waals surface area contributed by atoms with Gasteiger partial charge < -0.3 is 14.9 Å². The summed E-state index contributed by atoms with van der Waals surface area (Å²) in [6, 6.07) is 18.0. The third-order valence-electron chi connectivity index (χ3n) is 6.08. The van der Waals surface area contributed by atoms with Crippen LogP contribution in [-0.2, 0) is 9.59 Å². The lowest BCUT2D eigenvalue weighted by atomic mass is 9.97. The van der Waals surface area contributed by atoms with Crippen LogP contribution in [0, 0.1) is 0 Å².